The summed E-state index contributed by atoms with van der Waals surface area (Å²) in [5.41, 5.74) is 6.06. The number of carbonyl (C=O) groups excluding carboxylic acids is 1. The predicted octanol–water partition coefficient (Wildman–Crippen LogP) is 6.23. The summed E-state index contributed by atoms with van der Waals surface area (Å²) in [5, 5.41) is 3.93. The van der Waals surface area contributed by atoms with Gasteiger partial charge in [-0.25, -0.2) is 4.98 Å². The van der Waals surface area contributed by atoms with Gasteiger partial charge < -0.3 is 10.1 Å². The Kier molecular flexibility index (Phi) is 6.66. The molecule has 31 heavy (non-hydrogen) atoms. The molecule has 0 atom stereocenters. The second-order valence-corrected chi connectivity index (χ2v) is 8.15. The van der Waals surface area contributed by atoms with E-state index in [-0.39, 0.29) is 5.91 Å². The minimum atomic E-state index is -0.0524. The Labute approximate surface area is 184 Å². The molecule has 0 unspecified atom stereocenters. The van der Waals surface area contributed by atoms with Gasteiger partial charge in [-0.3, -0.25) is 4.79 Å². The molecule has 0 saturated heterocycles. The summed E-state index contributed by atoms with van der Waals surface area (Å²) >= 11 is 0. The highest BCUT2D eigenvalue weighted by Crippen LogP contribution is 2.31. The van der Waals surface area contributed by atoms with Crippen LogP contribution in [0.1, 0.15) is 54.9 Å². The van der Waals surface area contributed by atoms with Gasteiger partial charge in [-0.1, -0.05) is 41.5 Å². The lowest BCUT2D eigenvalue weighted by Crippen LogP contribution is -2.24. The minimum Gasteiger partial charge on any atom is -0.493 e. The highest BCUT2D eigenvalue weighted by Gasteiger charge is 2.13. The number of aromatic nitrogens is 1. The maximum absolute atomic E-state index is 12.7. The average molecular weight is 415 g/mol. The Balaban J connectivity index is 1.56. The van der Waals surface area contributed by atoms with Crippen LogP contribution in [0, 0.1) is 6.92 Å². The molecule has 4 nitrogen and oxygen atoms in total. The van der Waals surface area contributed by atoms with E-state index in [0.717, 1.165) is 34.3 Å². The van der Waals surface area contributed by atoms with Crippen molar-refractivity contribution in [3.8, 4) is 17.0 Å². The first kappa shape index (κ1) is 21.1. The van der Waals surface area contributed by atoms with Crippen LogP contribution in [0.2, 0.25) is 0 Å². The number of ether oxygens (including phenoxy) is 1. The first-order chi connectivity index (χ1) is 15.1. The fourth-order valence-electron chi connectivity index (χ4n) is 4.05. The van der Waals surface area contributed by atoms with Crippen LogP contribution in [0.4, 0.5) is 0 Å². The number of pyridine rings is 1. The summed E-state index contributed by atoms with van der Waals surface area (Å²) in [7, 11) is 0. The molecule has 0 aliphatic heterocycles. The van der Waals surface area contributed by atoms with Gasteiger partial charge in [0.25, 0.3) is 5.91 Å². The van der Waals surface area contributed by atoms with Crippen molar-refractivity contribution in [3.63, 3.8) is 0 Å². The molecule has 0 fully saturated rings. The standard InChI is InChI=1S/C27H30N2O2/c1-3-31-26-18-25(21-11-9-19(2)10-12-21)29-24-14-13-22(17-23(24)26)27(30)28-16-15-20-7-5-4-6-8-20/h7,9-14,17-18H,3-6,8,15-16H2,1-2H3,(H,28,30). The number of hydrogen-bond acceptors (Lipinski definition) is 3. The highest BCUT2D eigenvalue weighted by atomic mass is 16.5. The van der Waals surface area contributed by atoms with Crippen LogP contribution < -0.4 is 10.1 Å². The second-order valence-electron chi connectivity index (χ2n) is 8.15. The van der Waals surface area contributed by atoms with Crippen molar-refractivity contribution < 1.29 is 9.53 Å². The summed E-state index contributed by atoms with van der Waals surface area (Å²) in [6, 6.07) is 15.9. The topological polar surface area (TPSA) is 51.2 Å². The van der Waals surface area contributed by atoms with Gasteiger partial charge in [0, 0.05) is 29.1 Å². The first-order valence-electron chi connectivity index (χ1n) is 11.2. The molecular formula is C27H30N2O2. The molecule has 0 saturated carbocycles. The van der Waals surface area contributed by atoms with Crippen molar-refractivity contribution in [3.05, 3.63) is 71.3 Å². The summed E-state index contributed by atoms with van der Waals surface area (Å²) in [4.78, 5) is 17.6. The van der Waals surface area contributed by atoms with E-state index in [1.165, 1.54) is 36.8 Å². The number of fused-ring (bicyclic) bond motifs is 1. The molecule has 4 rings (SSSR count). The van der Waals surface area contributed by atoms with Crippen LogP contribution in [0.25, 0.3) is 22.2 Å². The number of allylic oxidation sites excluding steroid dienone is 1. The maximum Gasteiger partial charge on any atom is 0.251 e. The van der Waals surface area contributed by atoms with Crippen LogP contribution >= 0.6 is 0 Å². The molecule has 1 aromatic heterocycles. The molecule has 160 valence electrons. The van der Waals surface area contributed by atoms with Gasteiger partial charge in [-0.05, 0) is 64.2 Å². The Hall–Kier alpha value is -3.14. The first-order valence-corrected chi connectivity index (χ1v) is 11.2. The van der Waals surface area contributed by atoms with Crippen molar-refractivity contribution in [2.24, 2.45) is 0 Å². The third kappa shape index (κ3) is 5.13. The molecule has 0 radical (unpaired) electrons. The predicted molar refractivity (Wildman–Crippen MR) is 127 cm³/mol. The van der Waals surface area contributed by atoms with Crippen LogP contribution in [0.15, 0.2) is 60.2 Å². The van der Waals surface area contributed by atoms with Gasteiger partial charge in [0.2, 0.25) is 0 Å². The van der Waals surface area contributed by atoms with E-state index < -0.39 is 0 Å². The van der Waals surface area contributed by atoms with E-state index in [4.69, 9.17) is 9.72 Å². The zero-order valence-corrected chi connectivity index (χ0v) is 18.4. The normalized spacial score (nSPS) is 13.7. The van der Waals surface area contributed by atoms with Crippen LogP contribution in [-0.4, -0.2) is 24.0 Å². The Morgan fingerprint density at radius 2 is 1.94 bits per heavy atom. The van der Waals surface area contributed by atoms with Gasteiger partial charge >= 0.3 is 0 Å². The summed E-state index contributed by atoms with van der Waals surface area (Å²) in [6.07, 6.45) is 8.16. The van der Waals surface area contributed by atoms with Crippen molar-refractivity contribution >= 4 is 16.8 Å². The van der Waals surface area contributed by atoms with Crippen molar-refractivity contribution in [2.75, 3.05) is 13.2 Å². The molecule has 1 aliphatic rings. The Morgan fingerprint density at radius 3 is 2.68 bits per heavy atom. The fraction of sp³-hybridized carbons (Fsp3) is 0.333. The van der Waals surface area contributed by atoms with Crippen LogP contribution in [0.5, 0.6) is 5.75 Å². The lowest BCUT2D eigenvalue weighted by Gasteiger charge is -2.14. The summed E-state index contributed by atoms with van der Waals surface area (Å²) in [5.74, 6) is 0.702. The number of amides is 1. The lowest BCUT2D eigenvalue weighted by atomic mass is 9.97. The number of nitrogens with one attached hydrogen (secondary N) is 1. The Morgan fingerprint density at radius 1 is 1.10 bits per heavy atom. The van der Waals surface area contributed by atoms with Crippen LogP contribution in [-0.2, 0) is 0 Å². The third-order valence-corrected chi connectivity index (χ3v) is 5.80. The van der Waals surface area contributed by atoms with Gasteiger partial charge in [0.1, 0.15) is 5.75 Å². The molecule has 3 aromatic rings. The fourth-order valence-corrected chi connectivity index (χ4v) is 4.05. The van der Waals surface area contributed by atoms with Crippen LogP contribution in [0.3, 0.4) is 0 Å². The van der Waals surface area contributed by atoms with Crippen molar-refractivity contribution in [2.45, 2.75) is 46.0 Å². The maximum atomic E-state index is 12.7. The highest BCUT2D eigenvalue weighted by molar-refractivity contribution is 5.99. The third-order valence-electron chi connectivity index (χ3n) is 5.80. The van der Waals surface area contributed by atoms with Gasteiger partial charge in [0.15, 0.2) is 0 Å². The van der Waals surface area contributed by atoms with E-state index in [1.807, 2.05) is 31.2 Å². The van der Waals surface area contributed by atoms with E-state index in [9.17, 15) is 4.79 Å². The molecule has 1 aliphatic carbocycles. The molecule has 2 aromatic carbocycles. The Bertz CT molecular complexity index is 1100. The number of carbonyl (C=O) groups is 1. The molecule has 1 N–H and O–H groups in total. The molecule has 0 spiro atoms. The summed E-state index contributed by atoms with van der Waals surface area (Å²) < 4.78 is 5.92. The zero-order chi connectivity index (χ0) is 21.6. The van der Waals surface area contributed by atoms with Crippen molar-refractivity contribution in [1.82, 2.24) is 10.3 Å². The average Bonchev–Trinajstić information content (AvgIpc) is 2.80. The number of nitrogens with zero attached hydrogens (tertiary/aromatic N) is 1. The number of benzene rings is 2. The smallest absolute Gasteiger partial charge is 0.251 e. The van der Waals surface area contributed by atoms with Gasteiger partial charge in [0.05, 0.1) is 17.8 Å². The quantitative estimate of drug-likeness (QED) is 0.466. The molecular weight excluding hydrogens is 384 g/mol. The molecule has 4 heteroatoms. The van der Waals surface area contributed by atoms with E-state index >= 15 is 0 Å². The number of rotatable bonds is 7. The van der Waals surface area contributed by atoms with Gasteiger partial charge in [-0.15, -0.1) is 0 Å². The van der Waals surface area contributed by atoms with E-state index in [1.54, 1.807) is 0 Å². The monoisotopic (exact) mass is 414 g/mol. The van der Waals surface area contributed by atoms with Crippen molar-refractivity contribution in [1.29, 1.82) is 0 Å². The SMILES string of the molecule is CCOc1cc(-c2ccc(C)cc2)nc2ccc(C(=O)NCCC3=CCCCC3)cc12. The lowest BCUT2D eigenvalue weighted by molar-refractivity contribution is 0.0954. The van der Waals surface area contributed by atoms with E-state index in [2.05, 4.69) is 42.6 Å². The minimum absolute atomic E-state index is 0.0524. The molecule has 1 heterocycles. The largest absolute Gasteiger partial charge is 0.493 e. The molecule has 1 amide bonds. The van der Waals surface area contributed by atoms with E-state index in [0.29, 0.717) is 18.7 Å². The number of hydrogen-bond donors (Lipinski definition) is 1. The van der Waals surface area contributed by atoms with Gasteiger partial charge in [-0.2, -0.15) is 0 Å². The number of aryl methyl sites for hydroxylation is 1. The molecule has 0 bridgehead atoms. The summed E-state index contributed by atoms with van der Waals surface area (Å²) in [6.45, 7) is 5.26. The zero-order valence-electron chi connectivity index (χ0n) is 18.4. The second kappa shape index (κ2) is 9.78.